The highest BCUT2D eigenvalue weighted by Gasteiger charge is 2.42. The molecule has 1 saturated carbocycles. The van der Waals surface area contributed by atoms with Gasteiger partial charge in [-0.25, -0.2) is 0 Å². The van der Waals surface area contributed by atoms with Crippen LogP contribution in [0.1, 0.15) is 73.6 Å². The van der Waals surface area contributed by atoms with Crippen molar-refractivity contribution >= 4 is 0 Å². The van der Waals surface area contributed by atoms with Crippen LogP contribution in [0.5, 0.6) is 0 Å². The van der Waals surface area contributed by atoms with Crippen molar-refractivity contribution in [1.82, 2.24) is 4.90 Å². The van der Waals surface area contributed by atoms with Crippen molar-refractivity contribution in [1.29, 1.82) is 0 Å². The SMILES string of the molecule is CC(C)(C)C1CCC2(CC1)CCN(C(C)(C)C)CO2. The average Bonchev–Trinajstić information content (AvgIpc) is 2.27. The van der Waals surface area contributed by atoms with Crippen LogP contribution in [0.3, 0.4) is 0 Å². The van der Waals surface area contributed by atoms with Crippen LogP contribution in [0.25, 0.3) is 0 Å². The Balaban J connectivity index is 1.88. The van der Waals surface area contributed by atoms with Gasteiger partial charge in [0.25, 0.3) is 0 Å². The van der Waals surface area contributed by atoms with Crippen molar-refractivity contribution in [2.45, 2.75) is 84.8 Å². The van der Waals surface area contributed by atoms with Gasteiger partial charge in [-0.05, 0) is 64.2 Å². The second kappa shape index (κ2) is 5.04. The molecule has 0 amide bonds. The molecule has 2 heteroatoms. The average molecular weight is 267 g/mol. The van der Waals surface area contributed by atoms with Gasteiger partial charge in [-0.3, -0.25) is 4.90 Å². The first-order chi connectivity index (χ1) is 8.62. The minimum Gasteiger partial charge on any atom is -0.360 e. The van der Waals surface area contributed by atoms with Gasteiger partial charge in [-0.1, -0.05) is 20.8 Å². The summed E-state index contributed by atoms with van der Waals surface area (Å²) in [5, 5.41) is 0. The Hall–Kier alpha value is -0.0800. The van der Waals surface area contributed by atoms with Crippen LogP contribution in [-0.2, 0) is 4.74 Å². The summed E-state index contributed by atoms with van der Waals surface area (Å²) in [6.45, 7) is 16.0. The lowest BCUT2D eigenvalue weighted by Crippen LogP contribution is -2.54. The molecule has 2 fully saturated rings. The van der Waals surface area contributed by atoms with E-state index in [1.807, 2.05) is 0 Å². The molecule has 1 aliphatic carbocycles. The molecular formula is C17H33NO. The fourth-order valence-corrected chi connectivity index (χ4v) is 3.62. The Kier molecular flexibility index (Phi) is 4.06. The molecule has 0 radical (unpaired) electrons. The number of nitrogens with zero attached hydrogens (tertiary/aromatic N) is 1. The van der Waals surface area contributed by atoms with Gasteiger partial charge in [0.2, 0.25) is 0 Å². The van der Waals surface area contributed by atoms with E-state index in [1.165, 1.54) is 38.6 Å². The number of ether oxygens (including phenoxy) is 1. The molecule has 1 spiro atoms. The zero-order valence-electron chi connectivity index (χ0n) is 13.9. The Labute approximate surface area is 119 Å². The molecule has 1 saturated heterocycles. The molecule has 1 heterocycles. The van der Waals surface area contributed by atoms with Gasteiger partial charge < -0.3 is 4.74 Å². The van der Waals surface area contributed by atoms with Crippen LogP contribution in [0.15, 0.2) is 0 Å². The van der Waals surface area contributed by atoms with Crippen molar-refractivity contribution in [2.24, 2.45) is 11.3 Å². The summed E-state index contributed by atoms with van der Waals surface area (Å²) in [5.74, 6) is 0.877. The number of hydrogen-bond donors (Lipinski definition) is 0. The molecule has 0 bridgehead atoms. The van der Waals surface area contributed by atoms with Crippen molar-refractivity contribution in [2.75, 3.05) is 13.3 Å². The third-order valence-electron chi connectivity index (χ3n) is 5.43. The van der Waals surface area contributed by atoms with E-state index < -0.39 is 0 Å². The van der Waals surface area contributed by atoms with Gasteiger partial charge >= 0.3 is 0 Å². The largest absolute Gasteiger partial charge is 0.360 e. The standard InChI is InChI=1S/C17H33NO/c1-15(2,3)14-7-9-17(10-8-14)11-12-18(13-19-17)16(4,5)6/h14H,7-13H2,1-6H3. The first kappa shape index (κ1) is 15.3. The highest BCUT2D eigenvalue weighted by atomic mass is 16.5. The van der Waals surface area contributed by atoms with E-state index in [2.05, 4.69) is 46.4 Å². The van der Waals surface area contributed by atoms with Crippen molar-refractivity contribution in [3.8, 4) is 0 Å². The molecule has 1 aliphatic heterocycles. The highest BCUT2D eigenvalue weighted by molar-refractivity contribution is 4.94. The fourth-order valence-electron chi connectivity index (χ4n) is 3.62. The summed E-state index contributed by atoms with van der Waals surface area (Å²) in [5.41, 5.74) is 0.918. The third-order valence-corrected chi connectivity index (χ3v) is 5.43. The minimum absolute atomic E-state index is 0.212. The van der Waals surface area contributed by atoms with Crippen LogP contribution < -0.4 is 0 Å². The lowest BCUT2D eigenvalue weighted by atomic mass is 9.67. The van der Waals surface area contributed by atoms with Crippen molar-refractivity contribution in [3.05, 3.63) is 0 Å². The molecule has 2 nitrogen and oxygen atoms in total. The normalized spacial score (nSPS) is 34.7. The van der Waals surface area contributed by atoms with Gasteiger partial charge in [-0.2, -0.15) is 0 Å². The molecular weight excluding hydrogens is 234 g/mol. The summed E-state index contributed by atoms with van der Waals surface area (Å²) >= 11 is 0. The second-order valence-corrected chi connectivity index (χ2v) is 8.78. The maximum atomic E-state index is 6.33. The van der Waals surface area contributed by atoms with Crippen LogP contribution in [0.2, 0.25) is 0 Å². The summed E-state index contributed by atoms with van der Waals surface area (Å²) in [6.07, 6.45) is 6.46. The molecule has 2 rings (SSSR count). The van der Waals surface area contributed by atoms with E-state index in [0.717, 1.165) is 12.6 Å². The second-order valence-electron chi connectivity index (χ2n) is 8.78. The van der Waals surface area contributed by atoms with Crippen LogP contribution in [-0.4, -0.2) is 29.3 Å². The van der Waals surface area contributed by atoms with E-state index in [1.54, 1.807) is 0 Å². The van der Waals surface area contributed by atoms with Gasteiger partial charge in [0.1, 0.15) is 6.73 Å². The summed E-state index contributed by atoms with van der Waals surface area (Å²) in [6, 6.07) is 0. The molecule has 19 heavy (non-hydrogen) atoms. The zero-order valence-corrected chi connectivity index (χ0v) is 13.9. The van der Waals surface area contributed by atoms with Gasteiger partial charge in [-0.15, -0.1) is 0 Å². The van der Waals surface area contributed by atoms with E-state index >= 15 is 0 Å². The molecule has 0 aromatic rings. The van der Waals surface area contributed by atoms with Crippen LogP contribution in [0, 0.1) is 11.3 Å². The topological polar surface area (TPSA) is 12.5 Å². The van der Waals surface area contributed by atoms with Crippen LogP contribution >= 0.6 is 0 Å². The summed E-state index contributed by atoms with van der Waals surface area (Å²) in [4.78, 5) is 2.47. The smallest absolute Gasteiger partial charge is 0.100 e. The quantitative estimate of drug-likeness (QED) is 0.643. The molecule has 112 valence electrons. The lowest BCUT2D eigenvalue weighted by Gasteiger charge is -2.50. The fraction of sp³-hybridized carbons (Fsp3) is 1.00. The summed E-state index contributed by atoms with van der Waals surface area (Å²) < 4.78 is 6.33. The van der Waals surface area contributed by atoms with Gasteiger partial charge in [0.05, 0.1) is 5.60 Å². The first-order valence-corrected chi connectivity index (χ1v) is 8.01. The van der Waals surface area contributed by atoms with Crippen molar-refractivity contribution < 1.29 is 4.74 Å². The number of hydrogen-bond acceptors (Lipinski definition) is 2. The number of rotatable bonds is 0. The van der Waals surface area contributed by atoms with Gasteiger partial charge in [0, 0.05) is 12.1 Å². The maximum Gasteiger partial charge on any atom is 0.100 e. The molecule has 2 aliphatic rings. The summed E-state index contributed by atoms with van der Waals surface area (Å²) in [7, 11) is 0. The predicted molar refractivity (Wildman–Crippen MR) is 81.2 cm³/mol. The van der Waals surface area contributed by atoms with Crippen LogP contribution in [0.4, 0.5) is 0 Å². The molecule has 0 atom stereocenters. The van der Waals surface area contributed by atoms with E-state index in [-0.39, 0.29) is 11.1 Å². The van der Waals surface area contributed by atoms with E-state index in [9.17, 15) is 0 Å². The molecule has 0 aromatic heterocycles. The Morgan fingerprint density at radius 2 is 1.53 bits per heavy atom. The van der Waals surface area contributed by atoms with E-state index in [0.29, 0.717) is 5.41 Å². The molecule has 0 N–H and O–H groups in total. The Morgan fingerprint density at radius 1 is 0.947 bits per heavy atom. The zero-order chi connectivity index (χ0) is 14.3. The monoisotopic (exact) mass is 267 g/mol. The maximum absolute atomic E-state index is 6.33. The Bertz CT molecular complexity index is 259. The van der Waals surface area contributed by atoms with Crippen molar-refractivity contribution in [3.63, 3.8) is 0 Å². The molecule has 0 aromatic carbocycles. The minimum atomic E-state index is 0.212. The third kappa shape index (κ3) is 3.52. The van der Waals surface area contributed by atoms with Gasteiger partial charge in [0.15, 0.2) is 0 Å². The first-order valence-electron chi connectivity index (χ1n) is 8.01. The molecule has 0 unspecified atom stereocenters. The highest BCUT2D eigenvalue weighted by Crippen LogP contribution is 2.45. The lowest BCUT2D eigenvalue weighted by molar-refractivity contribution is -0.178. The predicted octanol–water partition coefficient (Wildman–Crippen LogP) is 4.44. The van der Waals surface area contributed by atoms with E-state index in [4.69, 9.17) is 4.74 Å². The Morgan fingerprint density at radius 3 is 1.89 bits per heavy atom.